The predicted octanol–water partition coefficient (Wildman–Crippen LogP) is -3.76. The van der Waals surface area contributed by atoms with Gasteiger partial charge in [0.25, 0.3) is 0 Å². The van der Waals surface area contributed by atoms with Crippen molar-refractivity contribution >= 4 is 23.5 Å². The minimum Gasteiger partial charge on any atom is -0.396 e. The number of phosphoric acid groups is 3. The van der Waals surface area contributed by atoms with Gasteiger partial charge in [-0.15, -0.1) is 0 Å². The highest BCUT2D eigenvalue weighted by Crippen LogP contribution is 2.57. The molecule has 1 atom stereocenters. The van der Waals surface area contributed by atoms with E-state index in [9.17, 15) is 13.7 Å². The quantitative estimate of drug-likeness (QED) is 0.0995. The summed E-state index contributed by atoms with van der Waals surface area (Å²) in [5.74, 6) is 0. The predicted molar refractivity (Wildman–Crippen MR) is 94.3 cm³/mol. The van der Waals surface area contributed by atoms with Gasteiger partial charge in [0.15, 0.2) is 0 Å². The van der Waals surface area contributed by atoms with E-state index in [4.69, 9.17) is 55.1 Å². The van der Waals surface area contributed by atoms with Gasteiger partial charge in [0.2, 0.25) is 0 Å². The van der Waals surface area contributed by atoms with Crippen molar-refractivity contribution in [2.24, 2.45) is 10.8 Å². The van der Waals surface area contributed by atoms with Gasteiger partial charge >= 0.3 is 23.5 Å². The van der Waals surface area contributed by atoms with Crippen LogP contribution in [0.2, 0.25) is 0 Å². The van der Waals surface area contributed by atoms with E-state index in [-0.39, 0.29) is 0 Å². The summed E-state index contributed by atoms with van der Waals surface area (Å²) in [7, 11) is -14.9. The third-order valence-corrected chi connectivity index (χ3v) is 5.89. The van der Waals surface area contributed by atoms with Crippen molar-refractivity contribution in [1.82, 2.24) is 0 Å². The number of rotatable bonds is 14. The first-order chi connectivity index (χ1) is 13.5. The molecular weight excluding hydrogens is 485 g/mol. The molecule has 0 aliphatic rings. The van der Waals surface area contributed by atoms with E-state index >= 15 is 0 Å². The average molecular weight is 512 g/mol. The van der Waals surface area contributed by atoms with Gasteiger partial charge < -0.3 is 55.1 Å². The van der Waals surface area contributed by atoms with Crippen molar-refractivity contribution < 1.29 is 82.2 Å². The maximum atomic E-state index is 11.0. The monoisotopic (exact) mass is 512 g/mol. The zero-order valence-electron chi connectivity index (χ0n) is 15.4. The van der Waals surface area contributed by atoms with Crippen LogP contribution in [0.15, 0.2) is 0 Å². The van der Waals surface area contributed by atoms with Crippen LogP contribution in [0.4, 0.5) is 0 Å². The van der Waals surface area contributed by atoms with Crippen LogP contribution in [0, 0.1) is 10.8 Å². The normalized spacial score (nSPS) is 15.3. The van der Waals surface area contributed by atoms with E-state index in [1.54, 1.807) is 0 Å². The Balaban J connectivity index is 0. The van der Waals surface area contributed by atoms with Crippen molar-refractivity contribution in [2.45, 2.75) is 0 Å². The SMILES string of the molecule is O=P(O)(O)OCC(CO)(CO)CO.O=P(O)(O)OP(=O)(O)OCC(CO)(CO)CO. The first-order valence-corrected chi connectivity index (χ1v) is 12.1. The van der Waals surface area contributed by atoms with Crippen LogP contribution in [0.3, 0.4) is 0 Å². The average Bonchev–Trinajstić information content (AvgIpc) is 2.63. The van der Waals surface area contributed by atoms with Crippen LogP contribution in [0.1, 0.15) is 0 Å². The molecule has 184 valence electrons. The van der Waals surface area contributed by atoms with E-state index in [0.717, 1.165) is 0 Å². The molecule has 11 N–H and O–H groups in total. The molecule has 1 unspecified atom stereocenters. The second-order valence-corrected chi connectivity index (χ2v) is 10.1. The summed E-state index contributed by atoms with van der Waals surface area (Å²) >= 11 is 0. The summed E-state index contributed by atoms with van der Waals surface area (Å²) in [5.41, 5.74) is -3.03. The first kappa shape index (κ1) is 32.3. The molecule has 0 aromatic carbocycles. The number of aliphatic hydroxyl groups excluding tert-OH is 6. The maximum absolute atomic E-state index is 11.0. The standard InChI is InChI=1S/C5H14O10P2.C5H13O7P/c6-1-5(2-7,3-8)4-14-17(12,13)15-16(9,10)11;6-1-5(2-7,3-8)4-12-13(9,10)11/h6-8H,1-4H2,(H,12,13)(H2,9,10,11);6-8H,1-4H2,(H2,9,10,11). The lowest BCUT2D eigenvalue weighted by Crippen LogP contribution is -2.38. The summed E-state index contributed by atoms with van der Waals surface area (Å²) in [6.07, 6.45) is 0. The van der Waals surface area contributed by atoms with Gasteiger partial charge in [0, 0.05) is 0 Å². The molecule has 0 saturated heterocycles. The molecule has 0 rings (SSSR count). The fourth-order valence-electron chi connectivity index (χ4n) is 1.17. The number of aliphatic hydroxyl groups is 6. The number of hydrogen-bond acceptors (Lipinski definition) is 12. The minimum atomic E-state index is -5.22. The summed E-state index contributed by atoms with van der Waals surface area (Å²) in [6, 6.07) is 0. The molecule has 0 spiro atoms. The Hall–Kier alpha value is 0.130. The summed E-state index contributed by atoms with van der Waals surface area (Å²) in [5, 5.41) is 52.7. The van der Waals surface area contributed by atoms with Crippen LogP contribution >= 0.6 is 23.5 Å². The van der Waals surface area contributed by atoms with Crippen LogP contribution in [-0.2, 0) is 27.1 Å². The van der Waals surface area contributed by atoms with E-state index in [0.29, 0.717) is 0 Å². The zero-order chi connectivity index (χ0) is 24.3. The van der Waals surface area contributed by atoms with Gasteiger partial charge in [0.05, 0.1) is 63.7 Å². The molecule has 0 fully saturated rings. The Morgan fingerprint density at radius 1 is 0.533 bits per heavy atom. The van der Waals surface area contributed by atoms with Gasteiger partial charge in [0.1, 0.15) is 0 Å². The van der Waals surface area contributed by atoms with E-state index in [1.807, 2.05) is 0 Å². The van der Waals surface area contributed by atoms with Crippen molar-refractivity contribution in [2.75, 3.05) is 52.9 Å². The second-order valence-electron chi connectivity index (χ2n) is 6.03. The van der Waals surface area contributed by atoms with Gasteiger partial charge in [-0.1, -0.05) is 0 Å². The van der Waals surface area contributed by atoms with E-state index in [2.05, 4.69) is 13.4 Å². The Bertz CT molecular complexity index is 588. The molecule has 0 bridgehead atoms. The summed E-state index contributed by atoms with van der Waals surface area (Å²) < 4.78 is 43.2. The molecule has 0 aromatic heterocycles. The number of hydrogen-bond donors (Lipinski definition) is 11. The van der Waals surface area contributed by atoms with Crippen molar-refractivity contribution in [1.29, 1.82) is 0 Å². The Kier molecular flexibility index (Phi) is 14.7. The van der Waals surface area contributed by atoms with Crippen molar-refractivity contribution in [3.8, 4) is 0 Å². The lowest BCUT2D eigenvalue weighted by atomic mass is 9.93. The number of phosphoric ester groups is 2. The van der Waals surface area contributed by atoms with Gasteiger partial charge in [-0.3, -0.25) is 9.05 Å². The fourth-order valence-corrected chi connectivity index (χ4v) is 3.31. The molecule has 0 aliphatic heterocycles. The molecular formula is C10H27O17P3. The van der Waals surface area contributed by atoms with Crippen LogP contribution in [-0.4, -0.2) is 108 Å². The summed E-state index contributed by atoms with van der Waals surface area (Å²) in [4.78, 5) is 42.1. The van der Waals surface area contributed by atoms with Crippen molar-refractivity contribution in [3.05, 3.63) is 0 Å². The second kappa shape index (κ2) is 13.6. The van der Waals surface area contributed by atoms with Crippen LogP contribution in [0.5, 0.6) is 0 Å². The largest absolute Gasteiger partial charge is 0.481 e. The Labute approximate surface area is 170 Å². The summed E-state index contributed by atoms with van der Waals surface area (Å²) in [6.45, 7) is -5.62. The highest BCUT2D eigenvalue weighted by Gasteiger charge is 2.37. The molecule has 0 aliphatic carbocycles. The molecule has 0 amide bonds. The highest BCUT2D eigenvalue weighted by atomic mass is 31.3. The van der Waals surface area contributed by atoms with Gasteiger partial charge in [-0.2, -0.15) is 4.31 Å². The van der Waals surface area contributed by atoms with Gasteiger partial charge in [-0.25, -0.2) is 13.7 Å². The van der Waals surface area contributed by atoms with Crippen LogP contribution < -0.4 is 0 Å². The van der Waals surface area contributed by atoms with E-state index < -0.39 is 87.2 Å². The molecule has 30 heavy (non-hydrogen) atoms. The van der Waals surface area contributed by atoms with Crippen molar-refractivity contribution in [3.63, 3.8) is 0 Å². The molecule has 0 heterocycles. The minimum absolute atomic E-state index is 0.610. The maximum Gasteiger partial charge on any atom is 0.481 e. The zero-order valence-corrected chi connectivity index (χ0v) is 18.1. The molecule has 0 saturated carbocycles. The molecule has 0 aromatic rings. The molecule has 17 nitrogen and oxygen atoms in total. The molecule has 20 heteroatoms. The first-order valence-electron chi connectivity index (χ1n) is 7.58. The lowest BCUT2D eigenvalue weighted by molar-refractivity contribution is -0.0324. The Morgan fingerprint density at radius 3 is 1.07 bits per heavy atom. The van der Waals surface area contributed by atoms with Crippen LogP contribution in [0.25, 0.3) is 0 Å². The highest BCUT2D eigenvalue weighted by molar-refractivity contribution is 7.60. The van der Waals surface area contributed by atoms with E-state index in [1.165, 1.54) is 0 Å². The molecule has 0 radical (unpaired) electrons. The third kappa shape index (κ3) is 14.2. The Morgan fingerprint density at radius 2 is 0.833 bits per heavy atom. The fraction of sp³-hybridized carbons (Fsp3) is 1.00. The van der Waals surface area contributed by atoms with Gasteiger partial charge in [-0.05, 0) is 0 Å². The topological polar surface area (TPSA) is 301 Å². The lowest BCUT2D eigenvalue weighted by Gasteiger charge is -2.27. The smallest absolute Gasteiger partial charge is 0.396 e. The third-order valence-electron chi connectivity index (χ3n) is 3.29.